The molecule has 2 aromatic rings. The second-order valence-corrected chi connectivity index (χ2v) is 4.84. The average molecular weight is 318 g/mol. The van der Waals surface area contributed by atoms with Gasteiger partial charge in [-0.1, -0.05) is 34.8 Å². The van der Waals surface area contributed by atoms with Crippen LogP contribution < -0.4 is 5.32 Å². The van der Waals surface area contributed by atoms with Crippen LogP contribution in [0.15, 0.2) is 30.6 Å². The molecule has 0 aliphatic heterocycles. The lowest BCUT2D eigenvalue weighted by molar-refractivity contribution is 0.102. The fourth-order valence-electron chi connectivity index (χ4n) is 1.41. The number of halogens is 3. The summed E-state index contributed by atoms with van der Waals surface area (Å²) in [5.74, 6) is -0.759. The zero-order valence-electron chi connectivity index (χ0n) is 9.32. The average Bonchev–Trinajstić information content (AvgIpc) is 2.35. The van der Waals surface area contributed by atoms with Gasteiger partial charge in [-0.15, -0.1) is 0 Å². The Morgan fingerprint density at radius 3 is 2.63 bits per heavy atom. The van der Waals surface area contributed by atoms with Crippen LogP contribution in [0.5, 0.6) is 5.75 Å². The largest absolute Gasteiger partial charge is 0.504 e. The monoisotopic (exact) mass is 316 g/mol. The summed E-state index contributed by atoms with van der Waals surface area (Å²) in [6.07, 6.45) is 2.78. The Morgan fingerprint density at radius 1 is 1.21 bits per heavy atom. The first-order valence-corrected chi connectivity index (χ1v) is 6.21. The number of carbonyl (C=O) groups is 1. The Bertz CT molecular complexity index is 647. The summed E-state index contributed by atoms with van der Waals surface area (Å²) in [6.45, 7) is 0. The maximum absolute atomic E-state index is 12.0. The first kappa shape index (κ1) is 13.9. The lowest BCUT2D eigenvalue weighted by atomic mass is 10.2. The number of aromatic hydroxyl groups is 1. The van der Waals surface area contributed by atoms with Crippen molar-refractivity contribution in [1.82, 2.24) is 4.98 Å². The second-order valence-electron chi connectivity index (χ2n) is 3.59. The fourth-order valence-corrected chi connectivity index (χ4v) is 2.11. The second kappa shape index (κ2) is 5.65. The van der Waals surface area contributed by atoms with E-state index >= 15 is 0 Å². The van der Waals surface area contributed by atoms with Crippen LogP contribution in [0.4, 0.5) is 5.69 Å². The molecule has 0 atom stereocenters. The molecule has 0 aliphatic rings. The summed E-state index contributed by atoms with van der Waals surface area (Å²) < 4.78 is 0. The third kappa shape index (κ3) is 3.10. The molecule has 0 unspecified atom stereocenters. The molecule has 0 saturated carbocycles. The smallest absolute Gasteiger partial charge is 0.257 e. The summed E-state index contributed by atoms with van der Waals surface area (Å²) in [5.41, 5.74) is 0.336. The van der Waals surface area contributed by atoms with E-state index in [0.29, 0.717) is 5.02 Å². The van der Waals surface area contributed by atoms with Crippen LogP contribution in [-0.4, -0.2) is 16.0 Å². The number of hydrogen-bond donors (Lipinski definition) is 2. The summed E-state index contributed by atoms with van der Waals surface area (Å²) in [7, 11) is 0. The number of aromatic nitrogens is 1. The van der Waals surface area contributed by atoms with Gasteiger partial charge in [0.1, 0.15) is 0 Å². The number of amides is 1. The van der Waals surface area contributed by atoms with Crippen LogP contribution in [0, 0.1) is 0 Å². The number of nitrogens with one attached hydrogen (secondary N) is 1. The standard InChI is InChI=1S/C12H7Cl3N2O2/c13-6-3-8(14)11(18)10(4-6)17-12(19)7-1-2-16-5-9(7)15/h1-5,18H,(H,17,19). The van der Waals surface area contributed by atoms with E-state index in [2.05, 4.69) is 10.3 Å². The zero-order valence-corrected chi connectivity index (χ0v) is 11.6. The first-order valence-electron chi connectivity index (χ1n) is 5.08. The molecule has 1 amide bonds. The lowest BCUT2D eigenvalue weighted by Crippen LogP contribution is -2.12. The highest BCUT2D eigenvalue weighted by Crippen LogP contribution is 2.35. The predicted molar refractivity (Wildman–Crippen MR) is 75.3 cm³/mol. The molecule has 4 nitrogen and oxygen atoms in total. The molecule has 2 rings (SSSR count). The van der Waals surface area contributed by atoms with Crippen molar-refractivity contribution in [2.24, 2.45) is 0 Å². The zero-order chi connectivity index (χ0) is 14.0. The maximum atomic E-state index is 12.0. The topological polar surface area (TPSA) is 62.2 Å². The van der Waals surface area contributed by atoms with E-state index in [4.69, 9.17) is 34.8 Å². The van der Waals surface area contributed by atoms with Gasteiger partial charge in [0, 0.05) is 17.4 Å². The summed E-state index contributed by atoms with van der Waals surface area (Å²) in [4.78, 5) is 15.8. The van der Waals surface area contributed by atoms with E-state index in [9.17, 15) is 9.90 Å². The normalized spacial score (nSPS) is 10.3. The van der Waals surface area contributed by atoms with E-state index in [-0.39, 0.29) is 27.0 Å². The molecule has 1 aromatic heterocycles. The fraction of sp³-hybridized carbons (Fsp3) is 0. The molecule has 0 saturated heterocycles. The van der Waals surface area contributed by atoms with Crippen LogP contribution in [0.25, 0.3) is 0 Å². The third-order valence-electron chi connectivity index (χ3n) is 2.29. The molecular formula is C12H7Cl3N2O2. The van der Waals surface area contributed by atoms with Crippen molar-refractivity contribution in [2.75, 3.05) is 5.32 Å². The number of anilines is 1. The number of benzene rings is 1. The minimum atomic E-state index is -0.499. The van der Waals surface area contributed by atoms with Gasteiger partial charge < -0.3 is 10.4 Å². The molecule has 0 radical (unpaired) electrons. The SMILES string of the molecule is O=C(Nc1cc(Cl)cc(Cl)c1O)c1ccncc1Cl. The molecule has 98 valence electrons. The van der Waals surface area contributed by atoms with Crippen molar-refractivity contribution in [3.05, 3.63) is 51.2 Å². The number of phenolic OH excluding ortho intramolecular Hbond substituents is 1. The Labute approximate surface area is 123 Å². The van der Waals surface area contributed by atoms with Gasteiger partial charge in [0.05, 0.1) is 21.3 Å². The van der Waals surface area contributed by atoms with Gasteiger partial charge in [0.15, 0.2) is 5.75 Å². The van der Waals surface area contributed by atoms with Crippen molar-refractivity contribution >= 4 is 46.4 Å². The van der Waals surface area contributed by atoms with Crippen molar-refractivity contribution in [1.29, 1.82) is 0 Å². The third-order valence-corrected chi connectivity index (χ3v) is 3.10. The van der Waals surface area contributed by atoms with Crippen molar-refractivity contribution < 1.29 is 9.90 Å². The minimum absolute atomic E-state index is 0.0450. The van der Waals surface area contributed by atoms with Crippen molar-refractivity contribution in [2.45, 2.75) is 0 Å². The van der Waals surface area contributed by atoms with Gasteiger partial charge in [-0.2, -0.15) is 0 Å². The predicted octanol–water partition coefficient (Wildman–Crippen LogP) is 4.00. The van der Waals surface area contributed by atoms with Gasteiger partial charge >= 0.3 is 0 Å². The Kier molecular flexibility index (Phi) is 4.14. The summed E-state index contributed by atoms with van der Waals surface area (Å²) in [5, 5.41) is 12.8. The Morgan fingerprint density at radius 2 is 1.95 bits per heavy atom. The van der Waals surface area contributed by atoms with Gasteiger partial charge in [0.25, 0.3) is 5.91 Å². The van der Waals surface area contributed by atoms with Crippen LogP contribution >= 0.6 is 34.8 Å². The van der Waals surface area contributed by atoms with E-state index in [1.54, 1.807) is 0 Å². The highest BCUT2D eigenvalue weighted by Gasteiger charge is 2.14. The number of rotatable bonds is 2. The van der Waals surface area contributed by atoms with E-state index < -0.39 is 5.91 Å². The van der Waals surface area contributed by atoms with E-state index in [1.807, 2.05) is 0 Å². The summed E-state index contributed by atoms with van der Waals surface area (Å²) in [6, 6.07) is 4.21. The minimum Gasteiger partial charge on any atom is -0.504 e. The van der Waals surface area contributed by atoms with Crippen LogP contribution in [0.2, 0.25) is 15.1 Å². The van der Waals surface area contributed by atoms with Crippen LogP contribution in [-0.2, 0) is 0 Å². The van der Waals surface area contributed by atoms with Crippen molar-refractivity contribution in [3.63, 3.8) is 0 Å². The van der Waals surface area contributed by atoms with Gasteiger partial charge in [-0.05, 0) is 18.2 Å². The molecule has 0 aliphatic carbocycles. The molecule has 2 N–H and O–H groups in total. The van der Waals surface area contributed by atoms with E-state index in [1.165, 1.54) is 30.6 Å². The highest BCUT2D eigenvalue weighted by molar-refractivity contribution is 6.37. The molecule has 7 heteroatoms. The van der Waals surface area contributed by atoms with Crippen LogP contribution in [0.3, 0.4) is 0 Å². The van der Waals surface area contributed by atoms with Crippen molar-refractivity contribution in [3.8, 4) is 5.75 Å². The maximum Gasteiger partial charge on any atom is 0.257 e. The number of hydrogen-bond acceptors (Lipinski definition) is 3. The van der Waals surface area contributed by atoms with Gasteiger partial charge in [-0.25, -0.2) is 0 Å². The molecule has 0 fully saturated rings. The summed E-state index contributed by atoms with van der Waals surface area (Å²) >= 11 is 17.4. The lowest BCUT2D eigenvalue weighted by Gasteiger charge is -2.09. The quantitative estimate of drug-likeness (QED) is 0.823. The molecule has 0 spiro atoms. The molecule has 0 bridgehead atoms. The number of pyridine rings is 1. The molecule has 19 heavy (non-hydrogen) atoms. The molecule has 1 heterocycles. The number of carbonyl (C=O) groups excluding carboxylic acids is 1. The number of phenols is 1. The molecular weight excluding hydrogens is 311 g/mol. The van der Waals surface area contributed by atoms with Crippen LogP contribution in [0.1, 0.15) is 10.4 Å². The van der Waals surface area contributed by atoms with Gasteiger partial charge in [0.2, 0.25) is 0 Å². The Balaban J connectivity index is 2.32. The molecule has 1 aromatic carbocycles. The Hall–Kier alpha value is -1.49. The van der Waals surface area contributed by atoms with E-state index in [0.717, 1.165) is 0 Å². The van der Waals surface area contributed by atoms with Gasteiger partial charge in [-0.3, -0.25) is 9.78 Å². The highest BCUT2D eigenvalue weighted by atomic mass is 35.5. The first-order chi connectivity index (χ1) is 8.99. The number of nitrogens with zero attached hydrogens (tertiary/aromatic N) is 1.